The van der Waals surface area contributed by atoms with Gasteiger partial charge in [-0.05, 0) is 91.3 Å². The van der Waals surface area contributed by atoms with Crippen LogP contribution in [-0.4, -0.2) is 37.1 Å². The fourth-order valence-corrected chi connectivity index (χ4v) is 7.84. The number of fused-ring (bicyclic) bond motifs is 1. The molecule has 1 aliphatic rings. The van der Waals surface area contributed by atoms with Gasteiger partial charge in [0.15, 0.2) is 0 Å². The van der Waals surface area contributed by atoms with Crippen molar-refractivity contribution >= 4 is 63.3 Å². The standard InChI is InChI=1S/C38H39N5O3S2/c1-5-33(37(46)42-38-31(23-39)30-19-14-24(2)20-34(30)48-38)47-29-13-9-12-27(22-29)40-36(45)32(41-35(44)26-10-7-6-8-11-26)21-25-15-17-28(18-16-25)43(3)4/h6-13,15-18,21-22,24,33H,5,14,19-20H2,1-4H3,(H,40,45)(H,41,44)(H,42,46)/b32-21+. The highest BCUT2D eigenvalue weighted by Crippen LogP contribution is 2.40. The Morgan fingerprint density at radius 2 is 1.79 bits per heavy atom. The lowest BCUT2D eigenvalue weighted by molar-refractivity contribution is -0.116. The summed E-state index contributed by atoms with van der Waals surface area (Å²) in [4.78, 5) is 44.1. The molecule has 0 bridgehead atoms. The molecule has 5 rings (SSSR count). The van der Waals surface area contributed by atoms with E-state index >= 15 is 0 Å². The monoisotopic (exact) mass is 677 g/mol. The molecule has 0 radical (unpaired) electrons. The van der Waals surface area contributed by atoms with Crippen molar-refractivity contribution in [2.45, 2.75) is 49.7 Å². The van der Waals surface area contributed by atoms with Crippen LogP contribution in [0.3, 0.4) is 0 Å². The Kier molecular flexibility index (Phi) is 11.4. The van der Waals surface area contributed by atoms with Gasteiger partial charge in [0.1, 0.15) is 16.8 Å². The topological polar surface area (TPSA) is 114 Å². The van der Waals surface area contributed by atoms with Gasteiger partial charge < -0.3 is 20.9 Å². The second kappa shape index (κ2) is 15.8. The molecule has 10 heteroatoms. The Morgan fingerprint density at radius 1 is 1.04 bits per heavy atom. The molecule has 3 amide bonds. The molecule has 0 saturated heterocycles. The lowest BCUT2D eigenvalue weighted by atomic mass is 9.88. The van der Waals surface area contributed by atoms with Gasteiger partial charge in [0.05, 0.1) is 10.8 Å². The second-order valence-corrected chi connectivity index (χ2v) is 14.4. The number of carbonyl (C=O) groups is 3. The molecule has 1 aromatic heterocycles. The number of carbonyl (C=O) groups excluding carboxylic acids is 3. The van der Waals surface area contributed by atoms with Gasteiger partial charge in [0.25, 0.3) is 11.8 Å². The first kappa shape index (κ1) is 34.5. The summed E-state index contributed by atoms with van der Waals surface area (Å²) in [6, 6.07) is 26.0. The van der Waals surface area contributed by atoms with E-state index in [2.05, 4.69) is 28.9 Å². The number of thiophene rings is 1. The average Bonchev–Trinajstić information content (AvgIpc) is 3.43. The van der Waals surface area contributed by atoms with Crippen LogP contribution in [0.25, 0.3) is 6.08 Å². The van der Waals surface area contributed by atoms with E-state index < -0.39 is 17.1 Å². The molecule has 8 nitrogen and oxygen atoms in total. The van der Waals surface area contributed by atoms with E-state index in [9.17, 15) is 19.6 Å². The summed E-state index contributed by atoms with van der Waals surface area (Å²) in [7, 11) is 3.90. The van der Waals surface area contributed by atoms with Crippen LogP contribution in [0.4, 0.5) is 16.4 Å². The number of nitriles is 1. The Labute approximate surface area is 290 Å². The fraction of sp³-hybridized carbons (Fsp3) is 0.263. The zero-order chi connectivity index (χ0) is 34.2. The van der Waals surface area contributed by atoms with Crippen LogP contribution in [0.2, 0.25) is 0 Å². The highest BCUT2D eigenvalue weighted by Gasteiger charge is 2.27. The van der Waals surface area contributed by atoms with Crippen LogP contribution in [0.5, 0.6) is 0 Å². The Balaban J connectivity index is 1.31. The first-order valence-electron chi connectivity index (χ1n) is 15.9. The number of nitrogens with one attached hydrogen (secondary N) is 3. The minimum absolute atomic E-state index is 0.0895. The summed E-state index contributed by atoms with van der Waals surface area (Å²) < 4.78 is 0. The maximum Gasteiger partial charge on any atom is 0.272 e. The molecule has 4 aromatic rings. The van der Waals surface area contributed by atoms with E-state index in [1.807, 2.05) is 74.4 Å². The van der Waals surface area contributed by atoms with Crippen molar-refractivity contribution in [2.24, 2.45) is 5.92 Å². The van der Waals surface area contributed by atoms with Crippen molar-refractivity contribution in [3.05, 3.63) is 112 Å². The SMILES string of the molecule is CCC(Sc1cccc(NC(=O)/C(=C\c2ccc(N(C)C)cc2)NC(=O)c2ccccc2)c1)C(=O)Nc1sc2c(c1C#N)CCC(C)C2. The predicted octanol–water partition coefficient (Wildman–Crippen LogP) is 7.73. The van der Waals surface area contributed by atoms with Crippen molar-refractivity contribution in [3.63, 3.8) is 0 Å². The predicted molar refractivity (Wildman–Crippen MR) is 197 cm³/mol. The molecule has 0 spiro atoms. The highest BCUT2D eigenvalue weighted by molar-refractivity contribution is 8.00. The van der Waals surface area contributed by atoms with Gasteiger partial charge in [-0.3, -0.25) is 14.4 Å². The summed E-state index contributed by atoms with van der Waals surface area (Å²) >= 11 is 2.92. The minimum Gasteiger partial charge on any atom is -0.378 e. The lowest BCUT2D eigenvalue weighted by Gasteiger charge is -2.17. The first-order chi connectivity index (χ1) is 23.1. The average molecular weight is 678 g/mol. The van der Waals surface area contributed by atoms with Crippen LogP contribution < -0.4 is 20.9 Å². The second-order valence-electron chi connectivity index (χ2n) is 12.0. The third kappa shape index (κ3) is 8.54. The van der Waals surface area contributed by atoms with Crippen LogP contribution in [0, 0.1) is 17.2 Å². The third-order valence-corrected chi connectivity index (χ3v) is 10.7. The number of hydrogen-bond acceptors (Lipinski definition) is 7. The summed E-state index contributed by atoms with van der Waals surface area (Å²) in [5, 5.41) is 18.8. The van der Waals surface area contributed by atoms with Crippen molar-refractivity contribution in [1.82, 2.24) is 5.32 Å². The lowest BCUT2D eigenvalue weighted by Crippen LogP contribution is -2.30. The zero-order valence-corrected chi connectivity index (χ0v) is 29.1. The van der Waals surface area contributed by atoms with Crippen molar-refractivity contribution in [1.29, 1.82) is 5.26 Å². The molecule has 2 unspecified atom stereocenters. The molecule has 3 N–H and O–H groups in total. The molecule has 0 saturated carbocycles. The smallest absolute Gasteiger partial charge is 0.272 e. The number of hydrogen-bond donors (Lipinski definition) is 3. The Hall–Kier alpha value is -4.85. The number of rotatable bonds is 11. The number of nitrogens with zero attached hydrogens (tertiary/aromatic N) is 2. The maximum atomic E-state index is 13.6. The van der Waals surface area contributed by atoms with Crippen LogP contribution >= 0.6 is 23.1 Å². The quantitative estimate of drug-likeness (QED) is 0.111. The fourth-order valence-electron chi connectivity index (χ4n) is 5.46. The molecule has 1 heterocycles. The van der Waals surface area contributed by atoms with Gasteiger partial charge in [0, 0.05) is 40.8 Å². The van der Waals surface area contributed by atoms with E-state index in [0.717, 1.165) is 41.0 Å². The number of thioether (sulfide) groups is 1. The number of anilines is 3. The Bertz CT molecular complexity index is 1860. The van der Waals surface area contributed by atoms with Gasteiger partial charge >= 0.3 is 0 Å². The van der Waals surface area contributed by atoms with Crippen LogP contribution in [-0.2, 0) is 22.4 Å². The largest absolute Gasteiger partial charge is 0.378 e. The minimum atomic E-state index is -0.483. The van der Waals surface area contributed by atoms with Gasteiger partial charge in [-0.25, -0.2) is 0 Å². The summed E-state index contributed by atoms with van der Waals surface area (Å²) in [5.41, 5.74) is 4.48. The molecule has 0 aliphatic heterocycles. The van der Waals surface area contributed by atoms with Crippen molar-refractivity contribution in [2.75, 3.05) is 29.6 Å². The number of amides is 3. The van der Waals surface area contributed by atoms with E-state index in [1.165, 1.54) is 28.0 Å². The summed E-state index contributed by atoms with van der Waals surface area (Å²) in [5.74, 6) is -0.472. The van der Waals surface area contributed by atoms with E-state index in [1.54, 1.807) is 36.4 Å². The van der Waals surface area contributed by atoms with Crippen molar-refractivity contribution < 1.29 is 14.4 Å². The molecule has 3 aromatic carbocycles. The summed E-state index contributed by atoms with van der Waals surface area (Å²) in [6.45, 7) is 4.17. The van der Waals surface area contributed by atoms with Gasteiger partial charge in [-0.15, -0.1) is 23.1 Å². The molecular formula is C38H39N5O3S2. The van der Waals surface area contributed by atoms with E-state index in [0.29, 0.717) is 34.2 Å². The van der Waals surface area contributed by atoms with Crippen molar-refractivity contribution in [3.8, 4) is 6.07 Å². The van der Waals surface area contributed by atoms with Gasteiger partial charge in [0.2, 0.25) is 5.91 Å². The number of benzene rings is 3. The van der Waals surface area contributed by atoms with Crippen LogP contribution in [0.1, 0.15) is 58.6 Å². The van der Waals surface area contributed by atoms with Gasteiger partial charge in [-0.2, -0.15) is 5.26 Å². The molecule has 1 aliphatic carbocycles. The maximum absolute atomic E-state index is 13.6. The molecule has 246 valence electrons. The van der Waals surface area contributed by atoms with Gasteiger partial charge in [-0.1, -0.05) is 50.2 Å². The molecule has 2 atom stereocenters. The molecule has 48 heavy (non-hydrogen) atoms. The molecular weight excluding hydrogens is 639 g/mol. The van der Waals surface area contributed by atoms with Crippen LogP contribution in [0.15, 0.2) is 89.5 Å². The Morgan fingerprint density at radius 3 is 2.48 bits per heavy atom. The first-order valence-corrected chi connectivity index (χ1v) is 17.6. The molecule has 0 fully saturated rings. The third-order valence-electron chi connectivity index (χ3n) is 8.14. The normalized spacial score (nSPS) is 14.6. The highest BCUT2D eigenvalue weighted by atomic mass is 32.2. The zero-order valence-electron chi connectivity index (χ0n) is 27.5. The van der Waals surface area contributed by atoms with E-state index in [-0.39, 0.29) is 11.6 Å². The van der Waals surface area contributed by atoms with E-state index in [4.69, 9.17) is 0 Å². The summed E-state index contributed by atoms with van der Waals surface area (Å²) in [6.07, 6.45) is 5.06.